The van der Waals surface area contributed by atoms with E-state index in [1.54, 1.807) is 22.9 Å². The van der Waals surface area contributed by atoms with Gasteiger partial charge in [0.2, 0.25) is 5.89 Å². The molecule has 1 aliphatic heterocycles. The summed E-state index contributed by atoms with van der Waals surface area (Å²) < 4.78 is 7.23. The average molecular weight is 330 g/mol. The molecule has 0 aliphatic carbocycles. The highest BCUT2D eigenvalue weighted by molar-refractivity contribution is 7.71. The van der Waals surface area contributed by atoms with E-state index in [2.05, 4.69) is 10.00 Å². The molecule has 0 N–H and O–H groups in total. The van der Waals surface area contributed by atoms with Crippen LogP contribution in [0.5, 0.6) is 0 Å². The van der Waals surface area contributed by atoms with Gasteiger partial charge >= 0.3 is 0 Å². The first kappa shape index (κ1) is 14.1. The molecule has 1 aromatic carbocycles. The molecular weight excluding hydrogens is 317 g/mol. The van der Waals surface area contributed by atoms with Crippen LogP contribution in [0.25, 0.3) is 11.5 Å². The van der Waals surface area contributed by atoms with Gasteiger partial charge in [0.25, 0.3) is 4.84 Å². The number of halogens is 2. The first-order valence-corrected chi connectivity index (χ1v) is 7.55. The number of aromatic nitrogens is 2. The molecule has 0 radical (unpaired) electrons. The number of likely N-dealkylation sites (tertiary alicyclic amines) is 1. The Morgan fingerprint density at radius 1 is 1.25 bits per heavy atom. The maximum Gasteiger partial charge on any atom is 0.288 e. The van der Waals surface area contributed by atoms with Gasteiger partial charge in [0.15, 0.2) is 0 Å². The number of benzene rings is 1. The van der Waals surface area contributed by atoms with Crippen LogP contribution in [-0.2, 0) is 6.67 Å². The maximum atomic E-state index is 6.15. The summed E-state index contributed by atoms with van der Waals surface area (Å²) in [4.78, 5) is 2.64. The van der Waals surface area contributed by atoms with E-state index >= 15 is 0 Å². The van der Waals surface area contributed by atoms with E-state index in [4.69, 9.17) is 39.8 Å². The zero-order chi connectivity index (χ0) is 14.1. The van der Waals surface area contributed by atoms with Crippen molar-refractivity contribution in [1.29, 1.82) is 0 Å². The predicted molar refractivity (Wildman–Crippen MR) is 81.6 cm³/mol. The lowest BCUT2D eigenvalue weighted by Crippen LogP contribution is -2.23. The number of rotatable bonds is 3. The Balaban J connectivity index is 1.91. The van der Waals surface area contributed by atoms with Gasteiger partial charge in [-0.25, -0.2) is 4.68 Å². The molecule has 0 spiro atoms. The normalized spacial score (nSPS) is 15.9. The van der Waals surface area contributed by atoms with Crippen LogP contribution in [0.3, 0.4) is 0 Å². The summed E-state index contributed by atoms with van der Waals surface area (Å²) in [5.41, 5.74) is 0.658. The van der Waals surface area contributed by atoms with Crippen molar-refractivity contribution in [3.63, 3.8) is 0 Å². The Labute approximate surface area is 131 Å². The van der Waals surface area contributed by atoms with E-state index in [1.807, 2.05) is 0 Å². The standard InChI is InChI=1S/C13H13Cl2N3OS/c14-9-3-4-11(15)10(7-9)12-16-18(13(20)19-12)8-17-5-1-2-6-17/h3-4,7H,1-2,5-6,8H2. The van der Waals surface area contributed by atoms with Gasteiger partial charge in [0.1, 0.15) is 0 Å². The molecule has 0 amide bonds. The molecule has 3 rings (SSSR count). The summed E-state index contributed by atoms with van der Waals surface area (Å²) in [5.74, 6) is 0.404. The topological polar surface area (TPSA) is 34.2 Å². The second-order valence-electron chi connectivity index (χ2n) is 4.76. The van der Waals surface area contributed by atoms with Gasteiger partial charge in [0, 0.05) is 5.02 Å². The van der Waals surface area contributed by atoms with Gasteiger partial charge in [-0.05, 0) is 56.3 Å². The molecule has 1 saturated heterocycles. The molecule has 7 heteroatoms. The fourth-order valence-corrected chi connectivity index (χ4v) is 2.83. The van der Waals surface area contributed by atoms with Crippen LogP contribution in [0.4, 0.5) is 0 Å². The summed E-state index contributed by atoms with van der Waals surface area (Å²) >= 11 is 17.3. The minimum Gasteiger partial charge on any atom is -0.409 e. The number of hydrogen-bond donors (Lipinski definition) is 0. The Morgan fingerprint density at radius 2 is 2.00 bits per heavy atom. The van der Waals surface area contributed by atoms with E-state index in [9.17, 15) is 0 Å². The van der Waals surface area contributed by atoms with Crippen molar-refractivity contribution in [2.24, 2.45) is 0 Å². The molecule has 2 aromatic rings. The van der Waals surface area contributed by atoms with Crippen molar-refractivity contribution in [1.82, 2.24) is 14.7 Å². The van der Waals surface area contributed by atoms with Gasteiger partial charge in [-0.2, -0.15) is 0 Å². The minimum absolute atomic E-state index is 0.350. The molecular formula is C13H13Cl2N3OS. The van der Waals surface area contributed by atoms with Crippen LogP contribution in [0, 0.1) is 4.84 Å². The second kappa shape index (κ2) is 5.85. The lowest BCUT2D eigenvalue weighted by atomic mass is 10.2. The molecule has 1 aromatic heterocycles. The highest BCUT2D eigenvalue weighted by atomic mass is 35.5. The smallest absolute Gasteiger partial charge is 0.288 e. The first-order valence-electron chi connectivity index (χ1n) is 6.39. The lowest BCUT2D eigenvalue weighted by Gasteiger charge is -2.12. The van der Waals surface area contributed by atoms with Gasteiger partial charge < -0.3 is 4.42 Å². The summed E-state index contributed by atoms with van der Waals surface area (Å²) in [6.07, 6.45) is 2.44. The quantitative estimate of drug-likeness (QED) is 0.789. The number of hydrogen-bond acceptors (Lipinski definition) is 4. The first-order chi connectivity index (χ1) is 9.63. The van der Waals surface area contributed by atoms with E-state index in [1.165, 1.54) is 12.8 Å². The molecule has 2 heterocycles. The number of nitrogens with zero attached hydrogens (tertiary/aromatic N) is 3. The van der Waals surface area contributed by atoms with Crippen LogP contribution in [0.1, 0.15) is 12.8 Å². The fraction of sp³-hybridized carbons (Fsp3) is 0.385. The molecule has 4 nitrogen and oxygen atoms in total. The summed E-state index contributed by atoms with van der Waals surface area (Å²) in [6, 6.07) is 5.17. The molecule has 0 atom stereocenters. The van der Waals surface area contributed by atoms with Crippen molar-refractivity contribution >= 4 is 35.4 Å². The van der Waals surface area contributed by atoms with Crippen molar-refractivity contribution in [2.75, 3.05) is 13.1 Å². The summed E-state index contributed by atoms with van der Waals surface area (Å²) in [7, 11) is 0. The Kier molecular flexibility index (Phi) is 4.12. The SMILES string of the molecule is S=c1oc(-c2cc(Cl)ccc2Cl)nn1CN1CCCC1. The molecule has 0 unspecified atom stereocenters. The third-order valence-corrected chi connectivity index (χ3v) is 4.16. The molecule has 0 saturated carbocycles. The molecule has 0 bridgehead atoms. The van der Waals surface area contributed by atoms with E-state index in [0.717, 1.165) is 13.1 Å². The lowest BCUT2D eigenvalue weighted by molar-refractivity contribution is 0.249. The Hall–Kier alpha value is -0.880. The summed E-state index contributed by atoms with van der Waals surface area (Å²) in [5, 5.41) is 5.53. The van der Waals surface area contributed by atoms with Gasteiger partial charge in [-0.1, -0.05) is 23.2 Å². The minimum atomic E-state index is 0.350. The highest BCUT2D eigenvalue weighted by Gasteiger charge is 2.16. The van der Waals surface area contributed by atoms with Crippen molar-refractivity contribution in [2.45, 2.75) is 19.5 Å². The van der Waals surface area contributed by atoms with Gasteiger partial charge in [-0.15, -0.1) is 5.10 Å². The van der Waals surface area contributed by atoms with Crippen molar-refractivity contribution in [3.05, 3.63) is 33.1 Å². The average Bonchev–Trinajstić information content (AvgIpc) is 3.04. The maximum absolute atomic E-state index is 6.15. The van der Waals surface area contributed by atoms with Crippen LogP contribution >= 0.6 is 35.4 Å². The van der Waals surface area contributed by atoms with Crippen LogP contribution in [-0.4, -0.2) is 27.8 Å². The fourth-order valence-electron chi connectivity index (χ4n) is 2.28. The van der Waals surface area contributed by atoms with Crippen LogP contribution in [0.2, 0.25) is 10.0 Å². The van der Waals surface area contributed by atoms with Gasteiger partial charge in [-0.3, -0.25) is 4.90 Å². The highest BCUT2D eigenvalue weighted by Crippen LogP contribution is 2.29. The third-order valence-electron chi connectivity index (χ3n) is 3.30. The van der Waals surface area contributed by atoms with Crippen molar-refractivity contribution in [3.8, 4) is 11.5 Å². The third kappa shape index (κ3) is 2.91. The van der Waals surface area contributed by atoms with E-state index in [-0.39, 0.29) is 0 Å². The zero-order valence-corrected chi connectivity index (χ0v) is 13.0. The predicted octanol–water partition coefficient (Wildman–Crippen LogP) is 4.23. The molecule has 1 fully saturated rings. The second-order valence-corrected chi connectivity index (χ2v) is 5.96. The molecule has 20 heavy (non-hydrogen) atoms. The van der Waals surface area contributed by atoms with Gasteiger partial charge in [0.05, 0.1) is 17.3 Å². The monoisotopic (exact) mass is 329 g/mol. The largest absolute Gasteiger partial charge is 0.409 e. The molecule has 106 valence electrons. The van der Waals surface area contributed by atoms with E-state index < -0.39 is 0 Å². The van der Waals surface area contributed by atoms with E-state index in [0.29, 0.717) is 33.0 Å². The summed E-state index contributed by atoms with van der Waals surface area (Å²) in [6.45, 7) is 2.80. The Morgan fingerprint density at radius 3 is 2.75 bits per heavy atom. The molecule has 1 aliphatic rings. The van der Waals surface area contributed by atoms with Crippen LogP contribution in [0.15, 0.2) is 22.6 Å². The van der Waals surface area contributed by atoms with Crippen LogP contribution < -0.4 is 0 Å². The zero-order valence-electron chi connectivity index (χ0n) is 10.7. The Bertz CT molecular complexity index is 676. The van der Waals surface area contributed by atoms with Crippen molar-refractivity contribution < 1.29 is 4.42 Å².